The number of aliphatic carboxylic acids is 1. The summed E-state index contributed by atoms with van der Waals surface area (Å²) in [6, 6.07) is 9.33. The summed E-state index contributed by atoms with van der Waals surface area (Å²) in [7, 11) is 0. The van der Waals surface area contributed by atoms with Crippen LogP contribution in [0.4, 0.5) is 13.2 Å². The van der Waals surface area contributed by atoms with Gasteiger partial charge in [-0.1, -0.05) is 18.2 Å². The minimum Gasteiger partial charge on any atom is -0.489 e. The zero-order valence-electron chi connectivity index (χ0n) is 11.3. The molecule has 0 aromatic heterocycles. The van der Waals surface area contributed by atoms with Gasteiger partial charge in [0.1, 0.15) is 11.9 Å². The van der Waals surface area contributed by atoms with Gasteiger partial charge in [-0.25, -0.2) is 4.79 Å². The average molecular weight is 320 g/mol. The number of carbonyl (C=O) groups is 2. The number of rotatable bonds is 3. The van der Waals surface area contributed by atoms with Crippen molar-refractivity contribution < 1.29 is 32.6 Å². The monoisotopic (exact) mass is 320 g/mol. The molecule has 0 spiro atoms. The van der Waals surface area contributed by atoms with E-state index in [2.05, 4.69) is 5.32 Å². The number of nitrogens with two attached hydrogens (primary N) is 1. The van der Waals surface area contributed by atoms with Crippen molar-refractivity contribution in [2.75, 3.05) is 6.54 Å². The van der Waals surface area contributed by atoms with Crippen LogP contribution in [0.3, 0.4) is 0 Å². The van der Waals surface area contributed by atoms with Crippen molar-refractivity contribution in [2.24, 2.45) is 5.73 Å². The van der Waals surface area contributed by atoms with Gasteiger partial charge in [-0.05, 0) is 12.1 Å². The normalized spacial score (nSPS) is 20.7. The third-order valence-electron chi connectivity index (χ3n) is 2.72. The van der Waals surface area contributed by atoms with Crippen LogP contribution in [0.25, 0.3) is 0 Å². The Hall–Kier alpha value is -2.29. The fourth-order valence-electron chi connectivity index (χ4n) is 1.70. The van der Waals surface area contributed by atoms with Crippen molar-refractivity contribution in [3.63, 3.8) is 0 Å². The van der Waals surface area contributed by atoms with E-state index in [0.717, 1.165) is 5.75 Å². The first-order valence-corrected chi connectivity index (χ1v) is 6.24. The highest BCUT2D eigenvalue weighted by molar-refractivity contribution is 5.80. The van der Waals surface area contributed by atoms with Gasteiger partial charge >= 0.3 is 12.1 Å². The number of nitrogens with one attached hydrogen (secondary N) is 1. The van der Waals surface area contributed by atoms with Crippen molar-refractivity contribution in [1.29, 1.82) is 0 Å². The Morgan fingerprint density at radius 2 is 1.82 bits per heavy atom. The van der Waals surface area contributed by atoms with Crippen molar-refractivity contribution in [1.82, 2.24) is 5.32 Å². The first-order valence-electron chi connectivity index (χ1n) is 6.24. The standard InChI is InChI=1S/C11H14N2O2.C2HF3O2/c12-11(14)10-6-9(7-13-10)15-8-4-2-1-3-5-8;3-2(4,5)1(6)7/h1-5,9-10,13H,6-7H2,(H2,12,14);(H,6,7). The molecule has 4 N–H and O–H groups in total. The van der Waals surface area contributed by atoms with Crippen LogP contribution in [0, 0.1) is 0 Å². The molecule has 0 bridgehead atoms. The molecular formula is C13H15F3N2O4. The molecule has 1 heterocycles. The van der Waals surface area contributed by atoms with Gasteiger partial charge in [0.15, 0.2) is 0 Å². The van der Waals surface area contributed by atoms with Crippen LogP contribution in [0.15, 0.2) is 30.3 Å². The summed E-state index contributed by atoms with van der Waals surface area (Å²) in [5.41, 5.74) is 5.20. The molecule has 0 saturated carbocycles. The third kappa shape index (κ3) is 6.00. The Morgan fingerprint density at radius 3 is 2.23 bits per heavy atom. The SMILES string of the molecule is NC(=O)C1CC(Oc2ccccc2)CN1.O=C(O)C(F)(F)F. The Kier molecular flexibility index (Phi) is 6.17. The number of carboxylic acids is 1. The zero-order chi connectivity index (χ0) is 16.8. The van der Waals surface area contributed by atoms with E-state index in [1.165, 1.54) is 0 Å². The molecule has 1 aromatic rings. The Balaban J connectivity index is 0.000000295. The molecule has 2 atom stereocenters. The molecule has 1 aliphatic rings. The lowest BCUT2D eigenvalue weighted by atomic mass is 10.2. The maximum Gasteiger partial charge on any atom is 0.490 e. The van der Waals surface area contributed by atoms with Gasteiger partial charge in [-0.3, -0.25) is 4.79 Å². The first-order chi connectivity index (χ1) is 10.2. The first kappa shape index (κ1) is 17.8. The van der Waals surface area contributed by atoms with Crippen molar-refractivity contribution >= 4 is 11.9 Å². The number of hydrogen-bond acceptors (Lipinski definition) is 4. The molecule has 2 rings (SSSR count). The molecule has 1 fully saturated rings. The number of hydrogen-bond donors (Lipinski definition) is 3. The van der Waals surface area contributed by atoms with Crippen molar-refractivity contribution in [3.05, 3.63) is 30.3 Å². The highest BCUT2D eigenvalue weighted by Gasteiger charge is 2.38. The van der Waals surface area contributed by atoms with Crippen LogP contribution in [0.5, 0.6) is 5.75 Å². The predicted octanol–water partition coefficient (Wildman–Crippen LogP) is 0.914. The summed E-state index contributed by atoms with van der Waals surface area (Å²) in [6.45, 7) is 0.669. The quantitative estimate of drug-likeness (QED) is 0.768. The van der Waals surface area contributed by atoms with Gasteiger partial charge in [0, 0.05) is 13.0 Å². The van der Waals surface area contributed by atoms with Gasteiger partial charge in [0.05, 0.1) is 6.04 Å². The Labute approximate surface area is 124 Å². The van der Waals surface area contributed by atoms with E-state index in [4.69, 9.17) is 20.4 Å². The van der Waals surface area contributed by atoms with Crippen LogP contribution in [-0.4, -0.2) is 41.8 Å². The van der Waals surface area contributed by atoms with E-state index in [1.54, 1.807) is 0 Å². The lowest BCUT2D eigenvalue weighted by Crippen LogP contribution is -2.36. The number of amides is 1. The highest BCUT2D eigenvalue weighted by Crippen LogP contribution is 2.16. The van der Waals surface area contributed by atoms with E-state index in [9.17, 15) is 18.0 Å². The lowest BCUT2D eigenvalue weighted by Gasteiger charge is -2.12. The van der Waals surface area contributed by atoms with Crippen LogP contribution in [-0.2, 0) is 9.59 Å². The second-order valence-electron chi connectivity index (χ2n) is 4.45. The summed E-state index contributed by atoms with van der Waals surface area (Å²) in [4.78, 5) is 19.8. The smallest absolute Gasteiger partial charge is 0.489 e. The Bertz CT molecular complexity index is 508. The number of ether oxygens (including phenoxy) is 1. The molecule has 0 aliphatic carbocycles. The summed E-state index contributed by atoms with van der Waals surface area (Å²) in [6.07, 6.45) is -4.41. The molecule has 1 saturated heterocycles. The van der Waals surface area contributed by atoms with Crippen LogP contribution >= 0.6 is 0 Å². The fraction of sp³-hybridized carbons (Fsp3) is 0.385. The maximum absolute atomic E-state index is 10.9. The van der Waals surface area contributed by atoms with E-state index < -0.39 is 12.1 Å². The number of para-hydroxylation sites is 1. The highest BCUT2D eigenvalue weighted by atomic mass is 19.4. The second-order valence-corrected chi connectivity index (χ2v) is 4.45. The van der Waals surface area contributed by atoms with Gasteiger partial charge in [-0.15, -0.1) is 0 Å². The van der Waals surface area contributed by atoms with Crippen molar-refractivity contribution in [3.8, 4) is 5.75 Å². The van der Waals surface area contributed by atoms with E-state index in [1.807, 2.05) is 30.3 Å². The van der Waals surface area contributed by atoms with E-state index in [0.29, 0.717) is 13.0 Å². The number of carbonyl (C=O) groups excluding carboxylic acids is 1. The summed E-state index contributed by atoms with van der Waals surface area (Å²) in [5.74, 6) is -2.24. The molecular weight excluding hydrogens is 305 g/mol. The molecule has 1 aromatic carbocycles. The van der Waals surface area contributed by atoms with Crippen molar-refractivity contribution in [2.45, 2.75) is 24.7 Å². The van der Waals surface area contributed by atoms with E-state index >= 15 is 0 Å². The molecule has 1 amide bonds. The maximum atomic E-state index is 10.9. The van der Waals surface area contributed by atoms with Crippen LogP contribution in [0.2, 0.25) is 0 Å². The third-order valence-corrected chi connectivity index (χ3v) is 2.72. The van der Waals surface area contributed by atoms with E-state index in [-0.39, 0.29) is 18.1 Å². The summed E-state index contributed by atoms with van der Waals surface area (Å²) < 4.78 is 37.4. The molecule has 6 nitrogen and oxygen atoms in total. The van der Waals surface area contributed by atoms with Gasteiger partial charge in [0.25, 0.3) is 0 Å². The Morgan fingerprint density at radius 1 is 1.27 bits per heavy atom. The largest absolute Gasteiger partial charge is 0.490 e. The predicted molar refractivity (Wildman–Crippen MR) is 70.2 cm³/mol. The average Bonchev–Trinajstić information content (AvgIpc) is 2.88. The van der Waals surface area contributed by atoms with Gasteiger partial charge in [-0.2, -0.15) is 13.2 Å². The summed E-state index contributed by atoms with van der Waals surface area (Å²) >= 11 is 0. The molecule has 0 radical (unpaired) electrons. The summed E-state index contributed by atoms with van der Waals surface area (Å²) in [5, 5.41) is 10.2. The molecule has 9 heteroatoms. The number of halogens is 3. The van der Waals surface area contributed by atoms with Gasteiger partial charge < -0.3 is 20.9 Å². The zero-order valence-corrected chi connectivity index (χ0v) is 11.3. The van der Waals surface area contributed by atoms with Crippen LogP contribution < -0.4 is 15.8 Å². The minimum atomic E-state index is -5.08. The molecule has 1 aliphatic heterocycles. The lowest BCUT2D eigenvalue weighted by molar-refractivity contribution is -0.192. The molecule has 2 unspecified atom stereocenters. The molecule has 22 heavy (non-hydrogen) atoms. The minimum absolute atomic E-state index is 0.0323. The number of alkyl halides is 3. The molecule has 122 valence electrons. The van der Waals surface area contributed by atoms with Crippen LogP contribution in [0.1, 0.15) is 6.42 Å². The second kappa shape index (κ2) is 7.64. The fourth-order valence-corrected chi connectivity index (χ4v) is 1.70. The van der Waals surface area contributed by atoms with Gasteiger partial charge in [0.2, 0.25) is 5.91 Å². The number of primary amides is 1. The number of benzene rings is 1. The topological polar surface area (TPSA) is 102 Å². The number of carboxylic acid groups (broad SMARTS) is 1.